The average molecular weight is 345 g/mol. The van der Waals surface area contributed by atoms with Gasteiger partial charge in [0.15, 0.2) is 0 Å². The summed E-state index contributed by atoms with van der Waals surface area (Å²) < 4.78 is 5.93. The van der Waals surface area contributed by atoms with Crippen LogP contribution in [0.3, 0.4) is 0 Å². The average Bonchev–Trinajstić information content (AvgIpc) is 2.68. The summed E-state index contributed by atoms with van der Waals surface area (Å²) in [4.78, 5) is 0. The number of nitrogens with two attached hydrogens (primary N) is 1. The number of hydrazone groups is 1. The predicted molar refractivity (Wildman–Crippen MR) is 108 cm³/mol. The number of rotatable bonds is 7. The number of terminal acetylenes is 1. The summed E-state index contributed by atoms with van der Waals surface area (Å²) in [6.45, 7) is 0.582. The molecule has 4 nitrogen and oxygen atoms in total. The summed E-state index contributed by atoms with van der Waals surface area (Å²) in [5.41, 5.74) is 11.7. The lowest BCUT2D eigenvalue weighted by Gasteiger charge is -2.31. The summed E-state index contributed by atoms with van der Waals surface area (Å²) in [5, 5.41) is 4.17. The van der Waals surface area contributed by atoms with E-state index < -0.39 is 0 Å². The Morgan fingerprint density at radius 2 is 1.73 bits per heavy atom. The maximum absolute atomic E-state index is 5.93. The molecule has 0 aliphatic carbocycles. The zero-order valence-corrected chi connectivity index (χ0v) is 14.7. The molecule has 0 radical (unpaired) electrons. The number of hydrogen-bond donors (Lipinski definition) is 2. The molecule has 3 N–H and O–H groups in total. The molecule has 2 aromatic carbocycles. The zero-order valence-electron chi connectivity index (χ0n) is 14.7. The summed E-state index contributed by atoms with van der Waals surface area (Å²) in [5.74, 6) is 3.55. The molecule has 1 aliphatic heterocycles. The molecule has 1 heterocycles. The van der Waals surface area contributed by atoms with Crippen LogP contribution < -0.4 is 15.9 Å². The molecule has 3 rings (SSSR count). The minimum Gasteiger partial charge on any atom is -0.493 e. The second kappa shape index (κ2) is 8.26. The van der Waals surface area contributed by atoms with E-state index in [1.807, 2.05) is 42.5 Å². The Balaban J connectivity index is 1.57. The molecule has 1 aliphatic rings. The number of ether oxygens (including phenoxy) is 1. The Hall–Kier alpha value is -3.19. The molecule has 0 saturated carbocycles. The summed E-state index contributed by atoms with van der Waals surface area (Å²) in [7, 11) is 0. The van der Waals surface area contributed by atoms with Crippen LogP contribution in [-0.2, 0) is 0 Å². The van der Waals surface area contributed by atoms with Crippen LogP contribution in [0, 0.1) is 12.3 Å². The lowest BCUT2D eigenvalue weighted by atomic mass is 9.89. The van der Waals surface area contributed by atoms with Gasteiger partial charge in [-0.3, -0.25) is 5.43 Å². The molecule has 4 heteroatoms. The van der Waals surface area contributed by atoms with E-state index in [4.69, 9.17) is 16.9 Å². The molecule has 2 aromatic rings. The van der Waals surface area contributed by atoms with E-state index in [-0.39, 0.29) is 5.54 Å². The van der Waals surface area contributed by atoms with E-state index in [1.54, 1.807) is 6.21 Å². The first-order valence-electron chi connectivity index (χ1n) is 8.71. The molecule has 1 atom stereocenters. The van der Waals surface area contributed by atoms with Gasteiger partial charge in [-0.05, 0) is 47.9 Å². The molecule has 0 bridgehead atoms. The van der Waals surface area contributed by atoms with Crippen molar-refractivity contribution in [2.75, 3.05) is 12.3 Å². The van der Waals surface area contributed by atoms with E-state index >= 15 is 0 Å². The molecular formula is C22H23N3O. The van der Waals surface area contributed by atoms with E-state index in [2.05, 4.69) is 34.7 Å². The summed E-state index contributed by atoms with van der Waals surface area (Å²) in [6.07, 6.45) is 13.5. The van der Waals surface area contributed by atoms with Gasteiger partial charge in [-0.1, -0.05) is 30.3 Å². The normalized spacial score (nSPS) is 18.1. The van der Waals surface area contributed by atoms with Gasteiger partial charge in [-0.25, -0.2) is 0 Å². The van der Waals surface area contributed by atoms with Crippen LogP contribution in [0.15, 0.2) is 65.8 Å². The van der Waals surface area contributed by atoms with Crippen molar-refractivity contribution in [3.05, 3.63) is 60.7 Å². The first-order valence-corrected chi connectivity index (χ1v) is 8.71. The first kappa shape index (κ1) is 17.6. The number of anilines is 1. The highest BCUT2D eigenvalue weighted by Gasteiger charge is 2.27. The molecule has 0 spiro atoms. The SMILES string of the molecule is C#CCCC1(CCOc2ccc(-c3ccc(N)cc3)cc2)C=CC=NN1. The molecule has 132 valence electrons. The highest BCUT2D eigenvalue weighted by atomic mass is 16.5. The van der Waals surface area contributed by atoms with E-state index in [0.29, 0.717) is 13.0 Å². The van der Waals surface area contributed by atoms with Crippen molar-refractivity contribution in [2.24, 2.45) is 5.10 Å². The molecule has 0 aromatic heterocycles. The van der Waals surface area contributed by atoms with Crippen molar-refractivity contribution in [3.63, 3.8) is 0 Å². The predicted octanol–water partition coefficient (Wildman–Crippen LogP) is 4.00. The maximum atomic E-state index is 5.93. The fourth-order valence-electron chi connectivity index (χ4n) is 2.94. The number of allylic oxidation sites excluding steroid dienone is 1. The standard InChI is InChI=1S/C22H23N3O/c1-2-3-13-22(14-4-16-24-25-22)15-17-26-21-11-7-19(8-12-21)18-5-9-20(23)10-6-18/h1,4-12,14,16,25H,3,13,15,17,23H2. The van der Waals surface area contributed by atoms with Gasteiger partial charge in [-0.2, -0.15) is 5.10 Å². The van der Waals surface area contributed by atoms with Gasteiger partial charge in [0.25, 0.3) is 0 Å². The van der Waals surface area contributed by atoms with Crippen LogP contribution in [0.4, 0.5) is 5.69 Å². The molecule has 1 unspecified atom stereocenters. The maximum Gasteiger partial charge on any atom is 0.119 e. The van der Waals surface area contributed by atoms with E-state index in [0.717, 1.165) is 35.4 Å². The number of hydrogen-bond acceptors (Lipinski definition) is 4. The second-order valence-electron chi connectivity index (χ2n) is 6.35. The molecule has 0 saturated heterocycles. The zero-order chi connectivity index (χ0) is 18.2. The fourth-order valence-corrected chi connectivity index (χ4v) is 2.94. The van der Waals surface area contributed by atoms with Crippen molar-refractivity contribution in [1.29, 1.82) is 0 Å². The molecule has 0 fully saturated rings. The van der Waals surface area contributed by atoms with Crippen LogP contribution >= 0.6 is 0 Å². The lowest BCUT2D eigenvalue weighted by Crippen LogP contribution is -2.43. The van der Waals surface area contributed by atoms with E-state index in [9.17, 15) is 0 Å². The smallest absolute Gasteiger partial charge is 0.119 e. The van der Waals surface area contributed by atoms with Gasteiger partial charge < -0.3 is 10.5 Å². The third-order valence-corrected chi connectivity index (χ3v) is 4.49. The van der Waals surface area contributed by atoms with Crippen LogP contribution in [0.5, 0.6) is 5.75 Å². The highest BCUT2D eigenvalue weighted by molar-refractivity contribution is 5.72. The second-order valence-corrected chi connectivity index (χ2v) is 6.35. The summed E-state index contributed by atoms with van der Waals surface area (Å²) in [6, 6.07) is 15.9. The van der Waals surface area contributed by atoms with Gasteiger partial charge in [0.2, 0.25) is 0 Å². The number of nitrogen functional groups attached to an aromatic ring is 1. The third-order valence-electron chi connectivity index (χ3n) is 4.49. The van der Waals surface area contributed by atoms with Crippen molar-refractivity contribution in [2.45, 2.75) is 24.8 Å². The largest absolute Gasteiger partial charge is 0.493 e. The Kier molecular flexibility index (Phi) is 5.60. The van der Waals surface area contributed by atoms with Crippen molar-refractivity contribution < 1.29 is 4.74 Å². The van der Waals surface area contributed by atoms with E-state index in [1.165, 1.54) is 0 Å². The van der Waals surface area contributed by atoms with Gasteiger partial charge in [-0.15, -0.1) is 12.3 Å². The van der Waals surface area contributed by atoms with Crippen LogP contribution in [0.2, 0.25) is 0 Å². The van der Waals surface area contributed by atoms with Crippen LogP contribution in [0.1, 0.15) is 19.3 Å². The summed E-state index contributed by atoms with van der Waals surface area (Å²) >= 11 is 0. The van der Waals surface area contributed by atoms with Gasteiger partial charge in [0.05, 0.1) is 12.1 Å². The Morgan fingerprint density at radius 3 is 2.35 bits per heavy atom. The van der Waals surface area contributed by atoms with Crippen molar-refractivity contribution in [3.8, 4) is 29.2 Å². The van der Waals surface area contributed by atoms with Gasteiger partial charge >= 0.3 is 0 Å². The van der Waals surface area contributed by atoms with Gasteiger partial charge in [0.1, 0.15) is 5.75 Å². The first-order chi connectivity index (χ1) is 12.7. The molecule has 0 amide bonds. The topological polar surface area (TPSA) is 59.6 Å². The fraction of sp³-hybridized carbons (Fsp3) is 0.227. The number of nitrogens with one attached hydrogen (secondary N) is 1. The number of benzene rings is 2. The Bertz CT molecular complexity index is 816. The Labute approximate surface area is 154 Å². The number of nitrogens with zero attached hydrogens (tertiary/aromatic N) is 1. The monoisotopic (exact) mass is 345 g/mol. The Morgan fingerprint density at radius 1 is 1.04 bits per heavy atom. The van der Waals surface area contributed by atoms with Crippen molar-refractivity contribution >= 4 is 11.9 Å². The van der Waals surface area contributed by atoms with Crippen LogP contribution in [0.25, 0.3) is 11.1 Å². The molecular weight excluding hydrogens is 322 g/mol. The highest BCUT2D eigenvalue weighted by Crippen LogP contribution is 2.25. The minimum absolute atomic E-state index is 0.231. The van der Waals surface area contributed by atoms with Crippen molar-refractivity contribution in [1.82, 2.24) is 5.43 Å². The molecule has 26 heavy (non-hydrogen) atoms. The van der Waals surface area contributed by atoms with Crippen LogP contribution in [-0.4, -0.2) is 18.4 Å². The quantitative estimate of drug-likeness (QED) is 0.589. The minimum atomic E-state index is -0.231. The van der Waals surface area contributed by atoms with Gasteiger partial charge in [0, 0.05) is 24.7 Å². The lowest BCUT2D eigenvalue weighted by molar-refractivity contribution is 0.248. The third kappa shape index (κ3) is 4.46.